The van der Waals surface area contributed by atoms with Gasteiger partial charge in [0.05, 0.1) is 18.5 Å². The van der Waals surface area contributed by atoms with Gasteiger partial charge in [0.25, 0.3) is 0 Å². The molecule has 1 aliphatic carbocycles. The van der Waals surface area contributed by atoms with E-state index >= 15 is 0 Å². The van der Waals surface area contributed by atoms with Gasteiger partial charge in [-0.1, -0.05) is 6.58 Å². The molecule has 4 heteroatoms. The van der Waals surface area contributed by atoms with Crippen molar-refractivity contribution in [1.82, 2.24) is 4.90 Å². The van der Waals surface area contributed by atoms with Crippen LogP contribution in [0.25, 0.3) is 0 Å². The monoisotopic (exact) mass is 269 g/mol. The van der Waals surface area contributed by atoms with Gasteiger partial charge >= 0.3 is 0 Å². The van der Waals surface area contributed by atoms with Crippen molar-refractivity contribution in [2.24, 2.45) is 0 Å². The zero-order valence-corrected chi connectivity index (χ0v) is 12.1. The molecule has 2 rings (SSSR count). The first kappa shape index (κ1) is 13.8. The lowest BCUT2D eigenvalue weighted by atomic mass is 10.2. The lowest BCUT2D eigenvalue weighted by Crippen LogP contribution is -2.42. The van der Waals surface area contributed by atoms with Crippen molar-refractivity contribution >= 4 is 10.8 Å². The van der Waals surface area contributed by atoms with E-state index in [0.717, 1.165) is 38.3 Å². The highest BCUT2D eigenvalue weighted by atomic mass is 32.2. The Kier molecular flexibility index (Phi) is 4.62. The molecular weight excluding hydrogens is 246 g/mol. The van der Waals surface area contributed by atoms with Crippen LogP contribution in [0.3, 0.4) is 0 Å². The van der Waals surface area contributed by atoms with Crippen LogP contribution in [-0.4, -0.2) is 45.4 Å². The van der Waals surface area contributed by atoms with Crippen molar-refractivity contribution in [3.8, 4) is 0 Å². The molecule has 1 heterocycles. The molecule has 102 valence electrons. The predicted octanol–water partition coefficient (Wildman–Crippen LogP) is 2.08. The second kappa shape index (κ2) is 6.02. The third-order valence-electron chi connectivity index (χ3n) is 3.53. The van der Waals surface area contributed by atoms with E-state index in [-0.39, 0.29) is 5.25 Å². The van der Waals surface area contributed by atoms with Crippen molar-refractivity contribution in [2.45, 2.75) is 43.2 Å². The first-order valence-electron chi connectivity index (χ1n) is 6.71. The molecule has 18 heavy (non-hydrogen) atoms. The van der Waals surface area contributed by atoms with E-state index in [1.807, 2.05) is 13.0 Å². The summed E-state index contributed by atoms with van der Waals surface area (Å²) in [5.41, 5.74) is 1.10. The number of ether oxygens (including phenoxy) is 1. The molecule has 0 radical (unpaired) electrons. The minimum absolute atomic E-state index is 0.112. The molecule has 1 saturated carbocycles. The molecule has 3 nitrogen and oxygen atoms in total. The average molecular weight is 269 g/mol. The highest BCUT2D eigenvalue weighted by molar-refractivity contribution is 7.86. The standard InChI is InChI=1S/C14H23NO2S/c1-4-13(15-7-8-17-10-11(15)2)9-12(3)18(16)14-5-6-14/h4,9,11-12,14H,1,5-8,10H2,2-3H3/b13-9+/t11-,12?,18?/m1/s1. The Hall–Kier alpha value is -0.610. The molecular formula is C14H23NO2S. The first-order valence-corrected chi connectivity index (χ1v) is 7.99. The first-order chi connectivity index (χ1) is 8.63. The molecule has 2 fully saturated rings. The molecule has 2 aliphatic rings. The number of hydrogen-bond donors (Lipinski definition) is 0. The quantitative estimate of drug-likeness (QED) is 0.716. The smallest absolute Gasteiger partial charge is 0.0668 e. The lowest BCUT2D eigenvalue weighted by molar-refractivity contribution is 0.0187. The van der Waals surface area contributed by atoms with Crippen molar-refractivity contribution in [3.63, 3.8) is 0 Å². The van der Waals surface area contributed by atoms with Crippen LogP contribution in [0.1, 0.15) is 26.7 Å². The number of hydrogen-bond acceptors (Lipinski definition) is 3. The molecule has 2 unspecified atom stereocenters. The Morgan fingerprint density at radius 3 is 2.83 bits per heavy atom. The maximum Gasteiger partial charge on any atom is 0.0668 e. The normalized spacial score (nSPS) is 28.9. The Balaban J connectivity index is 2.05. The van der Waals surface area contributed by atoms with Gasteiger partial charge in [-0.15, -0.1) is 0 Å². The van der Waals surface area contributed by atoms with Crippen LogP contribution in [0.4, 0.5) is 0 Å². The number of nitrogens with zero attached hydrogens (tertiary/aromatic N) is 1. The molecule has 0 aromatic rings. The second-order valence-corrected chi connectivity index (χ2v) is 7.21. The zero-order chi connectivity index (χ0) is 13.1. The predicted molar refractivity (Wildman–Crippen MR) is 75.9 cm³/mol. The molecule has 1 aliphatic heterocycles. The Bertz CT molecular complexity index is 363. The lowest BCUT2D eigenvalue weighted by Gasteiger charge is -2.36. The molecule has 0 N–H and O–H groups in total. The van der Waals surface area contributed by atoms with Crippen molar-refractivity contribution in [1.29, 1.82) is 0 Å². The Labute approximate surface area is 112 Å². The summed E-state index contributed by atoms with van der Waals surface area (Å²) in [5.74, 6) is 0. The van der Waals surface area contributed by atoms with Crippen LogP contribution in [-0.2, 0) is 15.5 Å². The van der Waals surface area contributed by atoms with Crippen LogP contribution < -0.4 is 0 Å². The van der Waals surface area contributed by atoms with E-state index in [0.29, 0.717) is 11.3 Å². The summed E-state index contributed by atoms with van der Waals surface area (Å²) in [6, 6.07) is 0.365. The largest absolute Gasteiger partial charge is 0.377 e. The molecule has 0 amide bonds. The minimum Gasteiger partial charge on any atom is -0.377 e. The fourth-order valence-corrected chi connectivity index (χ4v) is 3.78. The fourth-order valence-electron chi connectivity index (χ4n) is 2.30. The van der Waals surface area contributed by atoms with Crippen LogP contribution in [0.15, 0.2) is 24.4 Å². The Morgan fingerprint density at radius 2 is 2.28 bits per heavy atom. The SMILES string of the molecule is C=C/C(=C\C(C)S(=O)C1CC1)N1CCOC[C@H]1C. The van der Waals surface area contributed by atoms with E-state index in [1.54, 1.807) is 0 Å². The average Bonchev–Trinajstić information content (AvgIpc) is 3.20. The zero-order valence-electron chi connectivity index (χ0n) is 11.3. The van der Waals surface area contributed by atoms with E-state index in [2.05, 4.69) is 24.5 Å². The summed E-state index contributed by atoms with van der Waals surface area (Å²) >= 11 is 0. The minimum atomic E-state index is -0.725. The van der Waals surface area contributed by atoms with Gasteiger partial charge in [0.1, 0.15) is 0 Å². The molecule has 0 aromatic heterocycles. The second-order valence-electron chi connectivity index (χ2n) is 5.15. The van der Waals surface area contributed by atoms with Crippen LogP contribution >= 0.6 is 0 Å². The van der Waals surface area contributed by atoms with Crippen LogP contribution in [0.5, 0.6) is 0 Å². The van der Waals surface area contributed by atoms with Gasteiger partial charge in [-0.05, 0) is 38.8 Å². The van der Waals surface area contributed by atoms with E-state index in [1.165, 1.54) is 0 Å². The van der Waals surface area contributed by atoms with Crippen molar-refractivity contribution in [3.05, 3.63) is 24.4 Å². The van der Waals surface area contributed by atoms with Gasteiger partial charge < -0.3 is 9.64 Å². The summed E-state index contributed by atoms with van der Waals surface area (Å²) in [6.07, 6.45) is 6.25. The summed E-state index contributed by atoms with van der Waals surface area (Å²) < 4.78 is 17.6. The Morgan fingerprint density at radius 1 is 1.56 bits per heavy atom. The van der Waals surface area contributed by atoms with Gasteiger partial charge in [-0.2, -0.15) is 0 Å². The fraction of sp³-hybridized carbons (Fsp3) is 0.714. The third kappa shape index (κ3) is 3.23. The summed E-state index contributed by atoms with van der Waals surface area (Å²) in [4.78, 5) is 2.30. The maximum atomic E-state index is 12.1. The van der Waals surface area contributed by atoms with Gasteiger partial charge in [0.2, 0.25) is 0 Å². The van der Waals surface area contributed by atoms with Crippen LogP contribution in [0.2, 0.25) is 0 Å². The third-order valence-corrected chi connectivity index (χ3v) is 5.53. The van der Waals surface area contributed by atoms with Crippen LogP contribution in [0, 0.1) is 0 Å². The summed E-state index contributed by atoms with van der Waals surface area (Å²) in [6.45, 7) is 10.5. The van der Waals surface area contributed by atoms with Crippen molar-refractivity contribution < 1.29 is 8.95 Å². The van der Waals surface area contributed by atoms with Gasteiger partial charge in [-0.3, -0.25) is 4.21 Å². The summed E-state index contributed by atoms with van der Waals surface area (Å²) in [7, 11) is -0.725. The van der Waals surface area contributed by atoms with E-state index in [4.69, 9.17) is 4.74 Å². The maximum absolute atomic E-state index is 12.1. The molecule has 0 aromatic carbocycles. The molecule has 0 spiro atoms. The molecule has 3 atom stereocenters. The molecule has 0 bridgehead atoms. The highest BCUT2D eigenvalue weighted by Gasteiger charge is 2.31. The number of allylic oxidation sites excluding steroid dienone is 1. The number of morpholine rings is 1. The number of rotatable bonds is 5. The van der Waals surface area contributed by atoms with Gasteiger partial charge in [0, 0.05) is 34.3 Å². The van der Waals surface area contributed by atoms with Crippen molar-refractivity contribution in [2.75, 3.05) is 19.8 Å². The van der Waals surface area contributed by atoms with Gasteiger partial charge in [-0.25, -0.2) is 0 Å². The van der Waals surface area contributed by atoms with E-state index < -0.39 is 10.8 Å². The van der Waals surface area contributed by atoms with E-state index in [9.17, 15) is 4.21 Å². The molecule has 1 saturated heterocycles. The topological polar surface area (TPSA) is 29.5 Å². The van der Waals surface area contributed by atoms with Gasteiger partial charge in [0.15, 0.2) is 0 Å². The summed E-state index contributed by atoms with van der Waals surface area (Å²) in [5, 5.41) is 0.546. The highest BCUT2D eigenvalue weighted by Crippen LogP contribution is 2.29.